The molecule has 0 aliphatic carbocycles. The molecule has 0 saturated heterocycles. The van der Waals surface area contributed by atoms with Crippen molar-refractivity contribution in [2.75, 3.05) is 13.2 Å². The van der Waals surface area contributed by atoms with Crippen LogP contribution < -0.4 is 5.32 Å². The lowest BCUT2D eigenvalue weighted by Gasteiger charge is -2.02. The first kappa shape index (κ1) is 14.2. The minimum Gasteiger partial charge on any atom is -0.396 e. The fourth-order valence-corrected chi connectivity index (χ4v) is 1.43. The number of nitro groups is 1. The second kappa shape index (κ2) is 7.44. The number of nitrogens with zero attached hydrogens (tertiary/aromatic N) is 1. The van der Waals surface area contributed by atoms with Gasteiger partial charge in [-0.1, -0.05) is 12.8 Å². The summed E-state index contributed by atoms with van der Waals surface area (Å²) in [4.78, 5) is 21.2. The van der Waals surface area contributed by atoms with Crippen LogP contribution in [-0.2, 0) is 0 Å². The van der Waals surface area contributed by atoms with E-state index in [4.69, 9.17) is 9.52 Å². The van der Waals surface area contributed by atoms with Gasteiger partial charge in [-0.25, -0.2) is 0 Å². The summed E-state index contributed by atoms with van der Waals surface area (Å²) in [7, 11) is 0. The molecule has 1 aromatic rings. The van der Waals surface area contributed by atoms with Gasteiger partial charge in [-0.15, -0.1) is 0 Å². The van der Waals surface area contributed by atoms with Crippen molar-refractivity contribution in [1.29, 1.82) is 0 Å². The molecule has 0 aliphatic heterocycles. The molecule has 18 heavy (non-hydrogen) atoms. The maximum atomic E-state index is 11.5. The molecule has 1 aromatic heterocycles. The van der Waals surface area contributed by atoms with Gasteiger partial charge in [0.1, 0.15) is 4.92 Å². The van der Waals surface area contributed by atoms with Gasteiger partial charge in [0.15, 0.2) is 5.76 Å². The Bertz CT molecular complexity index is 402. The molecule has 0 atom stereocenters. The summed E-state index contributed by atoms with van der Waals surface area (Å²) in [6.45, 7) is 0.668. The zero-order chi connectivity index (χ0) is 13.4. The largest absolute Gasteiger partial charge is 0.433 e. The highest BCUT2D eigenvalue weighted by molar-refractivity contribution is 5.91. The van der Waals surface area contributed by atoms with Crippen molar-refractivity contribution in [2.45, 2.75) is 25.7 Å². The van der Waals surface area contributed by atoms with Gasteiger partial charge in [0.25, 0.3) is 5.91 Å². The first-order chi connectivity index (χ1) is 8.65. The summed E-state index contributed by atoms with van der Waals surface area (Å²) in [5.41, 5.74) is 0. The number of hydrogen-bond acceptors (Lipinski definition) is 5. The van der Waals surface area contributed by atoms with Crippen molar-refractivity contribution >= 4 is 11.8 Å². The highest BCUT2D eigenvalue weighted by atomic mass is 16.6. The minimum absolute atomic E-state index is 0.0583. The highest BCUT2D eigenvalue weighted by Crippen LogP contribution is 2.15. The predicted octanol–water partition coefficient (Wildman–Crippen LogP) is 1.47. The number of aliphatic hydroxyl groups excluding tert-OH is 1. The van der Waals surface area contributed by atoms with E-state index in [9.17, 15) is 14.9 Å². The van der Waals surface area contributed by atoms with Crippen molar-refractivity contribution in [3.05, 3.63) is 28.0 Å². The zero-order valence-electron chi connectivity index (χ0n) is 9.92. The van der Waals surface area contributed by atoms with Gasteiger partial charge in [-0.2, -0.15) is 0 Å². The SMILES string of the molecule is O=C(NCCCCCCO)c1ccc([N+](=O)[O-])o1. The number of hydrogen-bond donors (Lipinski definition) is 2. The summed E-state index contributed by atoms with van der Waals surface area (Å²) in [6, 6.07) is 2.43. The molecule has 0 aromatic carbocycles. The van der Waals surface area contributed by atoms with Crippen LogP contribution in [0.3, 0.4) is 0 Å². The van der Waals surface area contributed by atoms with Crippen molar-refractivity contribution in [3.8, 4) is 0 Å². The van der Waals surface area contributed by atoms with E-state index in [1.807, 2.05) is 0 Å². The van der Waals surface area contributed by atoms with Gasteiger partial charge in [0.05, 0.1) is 6.07 Å². The summed E-state index contributed by atoms with van der Waals surface area (Å²) < 4.78 is 4.76. The maximum Gasteiger partial charge on any atom is 0.433 e. The molecular formula is C11H16N2O5. The molecule has 1 rings (SSSR count). The molecule has 2 N–H and O–H groups in total. The van der Waals surface area contributed by atoms with Crippen LogP contribution in [0.4, 0.5) is 5.88 Å². The second-order valence-corrected chi connectivity index (χ2v) is 3.79. The van der Waals surface area contributed by atoms with E-state index in [1.165, 1.54) is 6.07 Å². The van der Waals surface area contributed by atoms with E-state index in [0.29, 0.717) is 6.54 Å². The van der Waals surface area contributed by atoms with Gasteiger partial charge in [0.2, 0.25) is 0 Å². The molecule has 0 radical (unpaired) electrons. The number of carbonyl (C=O) groups excluding carboxylic acids is 1. The Balaban J connectivity index is 2.25. The Kier molecular flexibility index (Phi) is 5.86. The van der Waals surface area contributed by atoms with Crippen LogP contribution in [0.2, 0.25) is 0 Å². The monoisotopic (exact) mass is 256 g/mol. The molecule has 0 unspecified atom stereocenters. The lowest BCUT2D eigenvalue weighted by atomic mass is 10.2. The Labute approximate surface area is 104 Å². The normalized spacial score (nSPS) is 10.3. The first-order valence-corrected chi connectivity index (χ1v) is 5.78. The molecule has 0 fully saturated rings. The average molecular weight is 256 g/mol. The van der Waals surface area contributed by atoms with Crippen molar-refractivity contribution in [1.82, 2.24) is 5.32 Å². The van der Waals surface area contributed by atoms with E-state index in [-0.39, 0.29) is 12.4 Å². The Morgan fingerprint density at radius 3 is 2.67 bits per heavy atom. The Morgan fingerprint density at radius 1 is 1.33 bits per heavy atom. The van der Waals surface area contributed by atoms with Gasteiger partial charge in [0, 0.05) is 13.2 Å². The molecule has 0 aliphatic rings. The van der Waals surface area contributed by atoms with E-state index in [0.717, 1.165) is 31.7 Å². The van der Waals surface area contributed by atoms with Gasteiger partial charge < -0.3 is 14.8 Å². The molecule has 0 spiro atoms. The summed E-state index contributed by atoms with van der Waals surface area (Å²) in [5, 5.41) is 21.5. The highest BCUT2D eigenvalue weighted by Gasteiger charge is 2.16. The third-order valence-corrected chi connectivity index (χ3v) is 2.37. The van der Waals surface area contributed by atoms with Crippen LogP contribution >= 0.6 is 0 Å². The van der Waals surface area contributed by atoms with Crippen LogP contribution in [0, 0.1) is 10.1 Å². The molecule has 7 heteroatoms. The molecule has 1 amide bonds. The molecule has 1 heterocycles. The summed E-state index contributed by atoms with van der Waals surface area (Å²) >= 11 is 0. The number of aliphatic hydroxyl groups is 1. The standard InChI is InChI=1S/C11H16N2O5/c14-8-4-2-1-3-7-12-11(15)9-5-6-10(18-9)13(16)17/h5-6,14H,1-4,7-8H2,(H,12,15). The van der Waals surface area contributed by atoms with Crippen LogP contribution in [0.1, 0.15) is 36.2 Å². The summed E-state index contributed by atoms with van der Waals surface area (Å²) in [6.07, 6.45) is 3.39. The fourth-order valence-electron chi connectivity index (χ4n) is 1.43. The van der Waals surface area contributed by atoms with E-state index in [2.05, 4.69) is 5.32 Å². The maximum absolute atomic E-state index is 11.5. The van der Waals surface area contributed by atoms with Crippen molar-refractivity contribution in [3.63, 3.8) is 0 Å². The molecule has 0 bridgehead atoms. The molecule has 7 nitrogen and oxygen atoms in total. The van der Waals surface area contributed by atoms with Crippen molar-refractivity contribution < 1.29 is 19.2 Å². The van der Waals surface area contributed by atoms with Crippen LogP contribution in [0.5, 0.6) is 0 Å². The number of nitrogens with one attached hydrogen (secondary N) is 1. The number of furan rings is 1. The zero-order valence-corrected chi connectivity index (χ0v) is 9.92. The fraction of sp³-hybridized carbons (Fsp3) is 0.545. The summed E-state index contributed by atoms with van der Waals surface area (Å²) in [5.74, 6) is -0.953. The topological polar surface area (TPSA) is 106 Å². The van der Waals surface area contributed by atoms with Crippen LogP contribution in [-0.4, -0.2) is 29.1 Å². The lowest BCUT2D eigenvalue weighted by molar-refractivity contribution is -0.402. The lowest BCUT2D eigenvalue weighted by Crippen LogP contribution is -2.23. The molecule has 0 saturated carbocycles. The second-order valence-electron chi connectivity index (χ2n) is 3.79. The van der Waals surface area contributed by atoms with Crippen molar-refractivity contribution in [2.24, 2.45) is 0 Å². The van der Waals surface area contributed by atoms with E-state index >= 15 is 0 Å². The van der Waals surface area contributed by atoms with E-state index < -0.39 is 16.7 Å². The average Bonchev–Trinajstić information content (AvgIpc) is 2.83. The van der Waals surface area contributed by atoms with Crippen LogP contribution in [0.15, 0.2) is 16.5 Å². The molecule has 100 valence electrons. The number of unbranched alkanes of at least 4 members (excludes halogenated alkanes) is 3. The quantitative estimate of drug-likeness (QED) is 0.416. The first-order valence-electron chi connectivity index (χ1n) is 5.78. The minimum atomic E-state index is -0.689. The van der Waals surface area contributed by atoms with E-state index in [1.54, 1.807) is 0 Å². The van der Waals surface area contributed by atoms with Gasteiger partial charge in [-0.3, -0.25) is 14.9 Å². The number of amides is 1. The van der Waals surface area contributed by atoms with Gasteiger partial charge >= 0.3 is 5.88 Å². The third kappa shape index (κ3) is 4.54. The Morgan fingerprint density at radius 2 is 2.06 bits per heavy atom. The predicted molar refractivity (Wildman–Crippen MR) is 63.2 cm³/mol. The van der Waals surface area contributed by atoms with Crippen LogP contribution in [0.25, 0.3) is 0 Å². The number of rotatable bonds is 8. The van der Waals surface area contributed by atoms with Gasteiger partial charge in [-0.05, 0) is 18.9 Å². The molecular weight excluding hydrogens is 240 g/mol. The Hall–Kier alpha value is -1.89. The number of carbonyl (C=O) groups is 1. The third-order valence-electron chi connectivity index (χ3n) is 2.37. The smallest absolute Gasteiger partial charge is 0.396 e.